The standard InChI is InChI=1S/C22H23FN6O3S/c1-12-8-16(29-33(4,5)30)10-18-20(12)21(25-11-24-18)27-17-7-6-15(23)9-19(17)31-13(2)22-26-14(3)28-32-22/h6-11,13H,1-5H3,(H,24,25,27). The number of ether oxygens (including phenoxy) is 1. The lowest BCUT2D eigenvalue weighted by atomic mass is 10.1. The molecule has 1 unspecified atom stereocenters. The van der Waals surface area contributed by atoms with Gasteiger partial charge in [0.05, 0.1) is 16.9 Å². The molecule has 2 heterocycles. The summed E-state index contributed by atoms with van der Waals surface area (Å²) in [5, 5.41) is 7.73. The first-order chi connectivity index (χ1) is 15.6. The number of nitrogens with zero attached hydrogens (tertiary/aromatic N) is 5. The Balaban J connectivity index is 1.72. The summed E-state index contributed by atoms with van der Waals surface area (Å²) in [7, 11) is -2.32. The van der Waals surface area contributed by atoms with E-state index in [2.05, 4.69) is 29.8 Å². The topological polar surface area (TPSA) is 115 Å². The van der Waals surface area contributed by atoms with Gasteiger partial charge in [0.15, 0.2) is 11.9 Å². The van der Waals surface area contributed by atoms with E-state index in [1.165, 1.54) is 18.5 Å². The van der Waals surface area contributed by atoms with Crippen molar-refractivity contribution in [2.24, 2.45) is 4.36 Å². The molecule has 33 heavy (non-hydrogen) atoms. The van der Waals surface area contributed by atoms with Crippen molar-refractivity contribution < 1.29 is 17.9 Å². The summed E-state index contributed by atoms with van der Waals surface area (Å²) in [5.74, 6) is 1.07. The van der Waals surface area contributed by atoms with E-state index < -0.39 is 21.7 Å². The Morgan fingerprint density at radius 3 is 2.67 bits per heavy atom. The average Bonchev–Trinajstić information content (AvgIpc) is 3.15. The van der Waals surface area contributed by atoms with Crippen molar-refractivity contribution in [1.29, 1.82) is 0 Å². The number of nitrogens with one attached hydrogen (secondary N) is 1. The van der Waals surface area contributed by atoms with Crippen LogP contribution in [-0.2, 0) is 9.73 Å². The maximum atomic E-state index is 14.0. The van der Waals surface area contributed by atoms with Crippen molar-refractivity contribution >= 4 is 37.8 Å². The summed E-state index contributed by atoms with van der Waals surface area (Å²) in [6.45, 7) is 5.33. The largest absolute Gasteiger partial charge is 0.479 e. The van der Waals surface area contributed by atoms with Gasteiger partial charge in [-0.3, -0.25) is 0 Å². The average molecular weight is 471 g/mol. The zero-order valence-corrected chi connectivity index (χ0v) is 19.6. The molecule has 0 bridgehead atoms. The molecule has 2 aromatic heterocycles. The summed E-state index contributed by atoms with van der Waals surface area (Å²) >= 11 is 0. The van der Waals surface area contributed by atoms with Gasteiger partial charge >= 0.3 is 0 Å². The molecule has 0 saturated heterocycles. The van der Waals surface area contributed by atoms with Gasteiger partial charge in [-0.2, -0.15) is 9.35 Å². The molecule has 0 fully saturated rings. The third-order valence-corrected chi connectivity index (χ3v) is 5.29. The Hall–Kier alpha value is -3.60. The molecule has 1 atom stereocenters. The number of aromatic nitrogens is 4. The number of halogens is 1. The molecular weight excluding hydrogens is 447 g/mol. The summed E-state index contributed by atoms with van der Waals surface area (Å²) in [6.07, 6.45) is 3.97. The van der Waals surface area contributed by atoms with Crippen LogP contribution in [0.5, 0.6) is 5.75 Å². The molecular formula is C22H23FN6O3S. The fourth-order valence-electron chi connectivity index (χ4n) is 3.32. The smallest absolute Gasteiger partial charge is 0.267 e. The van der Waals surface area contributed by atoms with Crippen LogP contribution in [0, 0.1) is 19.7 Å². The van der Waals surface area contributed by atoms with Crippen LogP contribution in [0.25, 0.3) is 10.9 Å². The van der Waals surface area contributed by atoms with E-state index in [1.807, 2.05) is 13.0 Å². The number of hydrogen-bond acceptors (Lipinski definition) is 9. The number of rotatable bonds is 6. The number of anilines is 2. The van der Waals surface area contributed by atoms with Gasteiger partial charge in [0.25, 0.3) is 5.89 Å². The van der Waals surface area contributed by atoms with E-state index in [4.69, 9.17) is 9.26 Å². The third kappa shape index (κ3) is 5.25. The molecule has 0 aliphatic carbocycles. The monoisotopic (exact) mass is 470 g/mol. The normalized spacial score (nSPS) is 12.5. The van der Waals surface area contributed by atoms with Gasteiger partial charge in [-0.1, -0.05) is 5.16 Å². The van der Waals surface area contributed by atoms with Crippen LogP contribution in [0.2, 0.25) is 0 Å². The third-order valence-electron chi connectivity index (χ3n) is 4.64. The molecule has 11 heteroatoms. The molecule has 9 nitrogen and oxygen atoms in total. The molecule has 1 N–H and O–H groups in total. The highest BCUT2D eigenvalue weighted by Gasteiger charge is 2.18. The minimum Gasteiger partial charge on any atom is -0.479 e. The second-order valence-electron chi connectivity index (χ2n) is 7.86. The zero-order valence-electron chi connectivity index (χ0n) is 18.8. The maximum Gasteiger partial charge on any atom is 0.267 e. The van der Waals surface area contributed by atoms with E-state index >= 15 is 0 Å². The first kappa shape index (κ1) is 22.6. The molecule has 4 rings (SSSR count). The van der Waals surface area contributed by atoms with E-state index in [1.54, 1.807) is 38.5 Å². The minimum absolute atomic E-state index is 0.256. The summed E-state index contributed by atoms with van der Waals surface area (Å²) in [5.41, 5.74) is 2.55. The molecule has 0 saturated carbocycles. The predicted molar refractivity (Wildman–Crippen MR) is 124 cm³/mol. The number of fused-ring (bicyclic) bond motifs is 1. The lowest BCUT2D eigenvalue weighted by Gasteiger charge is -2.17. The van der Waals surface area contributed by atoms with Crippen molar-refractivity contribution in [3.63, 3.8) is 0 Å². The van der Waals surface area contributed by atoms with Crippen molar-refractivity contribution in [1.82, 2.24) is 20.1 Å². The van der Waals surface area contributed by atoms with Crippen LogP contribution >= 0.6 is 0 Å². The molecule has 0 amide bonds. The van der Waals surface area contributed by atoms with E-state index in [-0.39, 0.29) is 11.6 Å². The maximum absolute atomic E-state index is 14.0. The van der Waals surface area contributed by atoms with Crippen LogP contribution in [0.1, 0.15) is 30.3 Å². The number of hydrogen-bond donors (Lipinski definition) is 1. The van der Waals surface area contributed by atoms with Gasteiger partial charge in [-0.25, -0.2) is 18.6 Å². The van der Waals surface area contributed by atoms with Crippen LogP contribution in [0.4, 0.5) is 21.6 Å². The minimum atomic E-state index is -2.32. The van der Waals surface area contributed by atoms with Gasteiger partial charge in [0, 0.05) is 33.7 Å². The fourth-order valence-corrected chi connectivity index (χ4v) is 3.93. The Morgan fingerprint density at radius 1 is 1.18 bits per heavy atom. The van der Waals surface area contributed by atoms with E-state index in [0.29, 0.717) is 28.5 Å². The second-order valence-corrected chi connectivity index (χ2v) is 10.4. The van der Waals surface area contributed by atoms with Gasteiger partial charge in [0.2, 0.25) is 0 Å². The van der Waals surface area contributed by atoms with Crippen molar-refractivity contribution in [2.45, 2.75) is 26.9 Å². The van der Waals surface area contributed by atoms with Gasteiger partial charge < -0.3 is 14.6 Å². The first-order valence-corrected chi connectivity index (χ1v) is 12.4. The zero-order chi connectivity index (χ0) is 23.8. The Bertz CT molecular complexity index is 1450. The lowest BCUT2D eigenvalue weighted by Crippen LogP contribution is -2.06. The molecule has 2 aromatic carbocycles. The fraction of sp³-hybridized carbons (Fsp3) is 0.273. The Kier molecular flexibility index (Phi) is 5.98. The molecule has 0 aliphatic heterocycles. The molecule has 4 aromatic rings. The quantitative estimate of drug-likeness (QED) is 0.418. The van der Waals surface area contributed by atoms with E-state index in [0.717, 1.165) is 10.9 Å². The highest BCUT2D eigenvalue weighted by Crippen LogP contribution is 2.35. The summed E-state index contributed by atoms with van der Waals surface area (Å²) in [4.78, 5) is 12.9. The van der Waals surface area contributed by atoms with Crippen molar-refractivity contribution in [2.75, 3.05) is 17.8 Å². The second kappa shape index (κ2) is 8.74. The Morgan fingerprint density at radius 2 is 1.97 bits per heavy atom. The van der Waals surface area contributed by atoms with Crippen LogP contribution < -0.4 is 10.1 Å². The SMILES string of the molecule is Cc1noc(C(C)Oc2cc(F)ccc2Nc2ncnc3cc(N=S(C)(C)=O)cc(C)c23)n1. The number of benzene rings is 2. The van der Waals surface area contributed by atoms with Crippen LogP contribution in [0.15, 0.2) is 45.5 Å². The van der Waals surface area contributed by atoms with Gasteiger partial charge in [-0.05, 0) is 50.6 Å². The van der Waals surface area contributed by atoms with Crippen LogP contribution in [0.3, 0.4) is 0 Å². The van der Waals surface area contributed by atoms with Crippen molar-refractivity contribution in [3.8, 4) is 5.75 Å². The summed E-state index contributed by atoms with van der Waals surface area (Å²) in [6, 6.07) is 7.74. The highest BCUT2D eigenvalue weighted by atomic mass is 32.2. The Labute approximate surface area is 190 Å². The molecule has 0 radical (unpaired) electrons. The van der Waals surface area contributed by atoms with Gasteiger partial charge in [0.1, 0.15) is 23.7 Å². The number of aryl methyl sites for hydroxylation is 2. The lowest BCUT2D eigenvalue weighted by molar-refractivity contribution is 0.176. The first-order valence-electron chi connectivity index (χ1n) is 10.0. The van der Waals surface area contributed by atoms with E-state index in [9.17, 15) is 8.60 Å². The predicted octanol–water partition coefficient (Wildman–Crippen LogP) is 5.01. The molecule has 0 spiro atoms. The van der Waals surface area contributed by atoms with Crippen molar-refractivity contribution in [3.05, 3.63) is 59.8 Å². The molecule has 0 aliphatic rings. The molecule has 172 valence electrons. The highest BCUT2D eigenvalue weighted by molar-refractivity contribution is 7.92. The van der Waals surface area contributed by atoms with Crippen LogP contribution in [-0.4, -0.2) is 36.8 Å². The summed E-state index contributed by atoms with van der Waals surface area (Å²) < 4.78 is 41.5. The van der Waals surface area contributed by atoms with Gasteiger partial charge in [-0.15, -0.1) is 0 Å².